The molecule has 0 amide bonds. The van der Waals surface area contributed by atoms with Crippen molar-refractivity contribution < 1.29 is 9.53 Å². The predicted molar refractivity (Wildman–Crippen MR) is 87.3 cm³/mol. The fourth-order valence-electron chi connectivity index (χ4n) is 3.14. The van der Waals surface area contributed by atoms with Gasteiger partial charge in [-0.25, -0.2) is 4.79 Å². The average Bonchev–Trinajstić information content (AvgIpc) is 3.08. The van der Waals surface area contributed by atoms with Crippen molar-refractivity contribution in [1.29, 1.82) is 0 Å². The Morgan fingerprint density at radius 3 is 2.71 bits per heavy atom. The number of nitrogens with zero attached hydrogens (tertiary/aromatic N) is 1. The van der Waals surface area contributed by atoms with Gasteiger partial charge >= 0.3 is 5.97 Å². The Balaban J connectivity index is 1.92. The largest absolute Gasteiger partial charge is 0.462 e. The van der Waals surface area contributed by atoms with Crippen LogP contribution in [0.25, 0.3) is 0 Å². The Labute approximate surface area is 130 Å². The molecule has 1 atom stereocenters. The lowest BCUT2D eigenvalue weighted by molar-refractivity contribution is 0.0533. The van der Waals surface area contributed by atoms with E-state index in [1.807, 2.05) is 6.92 Å². The van der Waals surface area contributed by atoms with Crippen LogP contribution in [0.3, 0.4) is 0 Å². The first kappa shape index (κ1) is 14.7. The highest BCUT2D eigenvalue weighted by Gasteiger charge is 2.36. The van der Waals surface area contributed by atoms with Crippen molar-refractivity contribution in [3.8, 4) is 0 Å². The monoisotopic (exact) mass is 308 g/mol. The molecule has 1 saturated carbocycles. The predicted octanol–water partition coefficient (Wildman–Crippen LogP) is 3.62. The van der Waals surface area contributed by atoms with Crippen LogP contribution in [0.15, 0.2) is 0 Å². The average molecular weight is 308 g/mol. The van der Waals surface area contributed by atoms with E-state index in [2.05, 4.69) is 11.8 Å². The van der Waals surface area contributed by atoms with E-state index in [9.17, 15) is 4.79 Å². The van der Waals surface area contributed by atoms with Gasteiger partial charge in [0.1, 0.15) is 4.88 Å². The van der Waals surface area contributed by atoms with Crippen LogP contribution < -0.4 is 10.6 Å². The topological polar surface area (TPSA) is 55.6 Å². The number of ether oxygens (including phenoxy) is 1. The summed E-state index contributed by atoms with van der Waals surface area (Å²) >= 11 is 1.54. The zero-order valence-corrected chi connectivity index (χ0v) is 13.7. The van der Waals surface area contributed by atoms with Gasteiger partial charge in [0.05, 0.1) is 17.3 Å². The Bertz CT molecular complexity index is 537. The number of rotatable bonds is 5. The molecular formula is C16H24N2O2S. The summed E-state index contributed by atoms with van der Waals surface area (Å²) in [6.07, 6.45) is 4.86. The van der Waals surface area contributed by atoms with Gasteiger partial charge < -0.3 is 15.4 Å². The molecule has 1 aromatic heterocycles. The Kier molecular flexibility index (Phi) is 4.11. The van der Waals surface area contributed by atoms with Gasteiger partial charge in [0.15, 0.2) is 0 Å². The molecular weight excluding hydrogens is 284 g/mol. The summed E-state index contributed by atoms with van der Waals surface area (Å²) < 4.78 is 5.16. The van der Waals surface area contributed by atoms with Crippen molar-refractivity contribution in [2.24, 2.45) is 5.92 Å². The molecule has 2 N–H and O–H groups in total. The summed E-state index contributed by atoms with van der Waals surface area (Å²) in [4.78, 5) is 15.1. The summed E-state index contributed by atoms with van der Waals surface area (Å²) in [5, 5.41) is 1.23. The normalized spacial score (nSPS) is 21.8. The maximum Gasteiger partial charge on any atom is 0.350 e. The second kappa shape index (κ2) is 5.87. The molecule has 3 rings (SSSR count). The third-order valence-corrected chi connectivity index (χ3v) is 5.82. The summed E-state index contributed by atoms with van der Waals surface area (Å²) in [7, 11) is 0. The van der Waals surface area contributed by atoms with E-state index >= 15 is 0 Å². The van der Waals surface area contributed by atoms with E-state index in [-0.39, 0.29) is 5.97 Å². The SMILES string of the molecule is CCOC(=O)c1sc(N2CCC(CC)C2)c(C2CC2)c1N. The number of hydrogen-bond acceptors (Lipinski definition) is 5. The maximum atomic E-state index is 12.1. The number of nitrogen functional groups attached to an aromatic ring is 1. The first-order valence-corrected chi connectivity index (χ1v) is 8.81. The number of thiophene rings is 1. The lowest BCUT2D eigenvalue weighted by Crippen LogP contribution is -2.19. The smallest absolute Gasteiger partial charge is 0.350 e. The van der Waals surface area contributed by atoms with Crippen molar-refractivity contribution in [3.63, 3.8) is 0 Å². The minimum Gasteiger partial charge on any atom is -0.462 e. The van der Waals surface area contributed by atoms with Crippen LogP contribution in [0.1, 0.15) is 60.7 Å². The molecule has 0 bridgehead atoms. The molecule has 116 valence electrons. The molecule has 0 radical (unpaired) electrons. The first-order chi connectivity index (χ1) is 10.2. The van der Waals surface area contributed by atoms with E-state index in [1.165, 1.54) is 47.6 Å². The van der Waals surface area contributed by atoms with Gasteiger partial charge in [-0.15, -0.1) is 11.3 Å². The zero-order chi connectivity index (χ0) is 15.0. The summed E-state index contributed by atoms with van der Waals surface area (Å²) in [5.74, 6) is 1.06. The first-order valence-electron chi connectivity index (χ1n) is 7.99. The lowest BCUT2D eigenvalue weighted by atomic mass is 10.1. The summed E-state index contributed by atoms with van der Waals surface area (Å²) in [5.41, 5.74) is 8.19. The van der Waals surface area contributed by atoms with Crippen molar-refractivity contribution in [2.45, 2.75) is 45.4 Å². The standard InChI is InChI=1S/C16H24N2O2S/c1-3-10-7-8-18(9-10)15-12(11-5-6-11)13(17)14(21-15)16(19)20-4-2/h10-11H,3-9,17H2,1-2H3. The number of esters is 1. The lowest BCUT2D eigenvalue weighted by Gasteiger charge is -2.18. The quantitative estimate of drug-likeness (QED) is 0.844. The highest BCUT2D eigenvalue weighted by atomic mass is 32.1. The number of anilines is 2. The molecule has 1 aliphatic carbocycles. The molecule has 4 nitrogen and oxygen atoms in total. The van der Waals surface area contributed by atoms with Gasteiger partial charge in [0, 0.05) is 18.7 Å². The van der Waals surface area contributed by atoms with Crippen LogP contribution in [-0.2, 0) is 4.74 Å². The summed E-state index contributed by atoms with van der Waals surface area (Å²) in [6.45, 7) is 6.66. The van der Waals surface area contributed by atoms with Crippen molar-refractivity contribution in [3.05, 3.63) is 10.4 Å². The van der Waals surface area contributed by atoms with Crippen LogP contribution in [0.2, 0.25) is 0 Å². The van der Waals surface area contributed by atoms with Crippen molar-refractivity contribution in [2.75, 3.05) is 30.3 Å². The molecule has 1 unspecified atom stereocenters. The second-order valence-electron chi connectivity index (χ2n) is 6.07. The zero-order valence-electron chi connectivity index (χ0n) is 12.9. The molecule has 2 heterocycles. The van der Waals surface area contributed by atoms with E-state index in [0.29, 0.717) is 23.1 Å². The van der Waals surface area contributed by atoms with Crippen molar-refractivity contribution >= 4 is 28.0 Å². The van der Waals surface area contributed by atoms with Crippen LogP contribution in [0, 0.1) is 5.92 Å². The number of carbonyl (C=O) groups excluding carboxylic acids is 1. The van der Waals surface area contributed by atoms with E-state index in [4.69, 9.17) is 10.5 Å². The molecule has 2 fully saturated rings. The number of hydrogen-bond donors (Lipinski definition) is 1. The number of nitrogens with two attached hydrogens (primary N) is 1. The van der Waals surface area contributed by atoms with Crippen LogP contribution in [0.5, 0.6) is 0 Å². The molecule has 0 aromatic carbocycles. The highest BCUT2D eigenvalue weighted by molar-refractivity contribution is 7.18. The molecule has 0 spiro atoms. The third-order valence-electron chi connectivity index (χ3n) is 4.56. The Morgan fingerprint density at radius 2 is 2.14 bits per heavy atom. The molecule has 1 aliphatic heterocycles. The maximum absolute atomic E-state index is 12.1. The second-order valence-corrected chi connectivity index (χ2v) is 7.07. The molecule has 5 heteroatoms. The van der Waals surface area contributed by atoms with E-state index in [1.54, 1.807) is 0 Å². The van der Waals surface area contributed by atoms with Gasteiger partial charge in [0.2, 0.25) is 0 Å². The fraction of sp³-hybridized carbons (Fsp3) is 0.688. The van der Waals surface area contributed by atoms with Crippen molar-refractivity contribution in [1.82, 2.24) is 0 Å². The molecule has 2 aliphatic rings. The van der Waals surface area contributed by atoms with Gasteiger partial charge in [0.25, 0.3) is 0 Å². The fourth-order valence-corrected chi connectivity index (χ4v) is 4.38. The third kappa shape index (κ3) is 2.76. The molecule has 1 saturated heterocycles. The molecule has 21 heavy (non-hydrogen) atoms. The molecule has 1 aromatic rings. The van der Waals surface area contributed by atoms with Gasteiger partial charge in [-0.2, -0.15) is 0 Å². The Morgan fingerprint density at radius 1 is 1.38 bits per heavy atom. The Hall–Kier alpha value is -1.23. The minimum atomic E-state index is -0.264. The van der Waals surface area contributed by atoms with Crippen LogP contribution in [-0.4, -0.2) is 25.7 Å². The summed E-state index contributed by atoms with van der Waals surface area (Å²) in [6, 6.07) is 0. The number of carbonyl (C=O) groups is 1. The van der Waals surface area contributed by atoms with E-state index in [0.717, 1.165) is 19.0 Å². The van der Waals surface area contributed by atoms with Gasteiger partial charge in [-0.1, -0.05) is 13.3 Å². The van der Waals surface area contributed by atoms with Crippen LogP contribution >= 0.6 is 11.3 Å². The van der Waals surface area contributed by atoms with E-state index < -0.39 is 0 Å². The van der Waals surface area contributed by atoms with Gasteiger partial charge in [-0.05, 0) is 38.0 Å². The minimum absolute atomic E-state index is 0.264. The van der Waals surface area contributed by atoms with Gasteiger partial charge in [-0.3, -0.25) is 0 Å². The highest BCUT2D eigenvalue weighted by Crippen LogP contribution is 2.52. The van der Waals surface area contributed by atoms with Crippen LogP contribution in [0.4, 0.5) is 10.7 Å².